The van der Waals surface area contributed by atoms with E-state index in [9.17, 15) is 9.59 Å². The normalized spacial score (nSPS) is 13.8. The standard InChI is InChI=1S/C18H21N3O3/c1-11(2)18(23)21-8-4-5-13-6-7-14(10-16(13)21)19-17(22)15-9-12(3)24-20-15/h6-7,9-11H,4-5,8H2,1-3H3,(H,19,22). The Labute approximate surface area is 140 Å². The average Bonchev–Trinajstić information content (AvgIpc) is 3.00. The second-order valence-electron chi connectivity index (χ2n) is 6.37. The molecule has 2 aromatic rings. The second kappa shape index (κ2) is 6.47. The molecule has 6 heteroatoms. The zero-order chi connectivity index (χ0) is 17.3. The van der Waals surface area contributed by atoms with Crippen molar-refractivity contribution in [1.29, 1.82) is 0 Å². The first-order valence-electron chi connectivity index (χ1n) is 8.14. The van der Waals surface area contributed by atoms with Crippen molar-refractivity contribution in [2.45, 2.75) is 33.6 Å². The number of rotatable bonds is 3. The van der Waals surface area contributed by atoms with Gasteiger partial charge in [-0.1, -0.05) is 25.1 Å². The minimum Gasteiger partial charge on any atom is -0.361 e. The van der Waals surface area contributed by atoms with E-state index in [2.05, 4.69) is 10.5 Å². The summed E-state index contributed by atoms with van der Waals surface area (Å²) in [5.74, 6) is 0.294. The van der Waals surface area contributed by atoms with Crippen molar-refractivity contribution < 1.29 is 14.1 Å². The molecule has 126 valence electrons. The lowest BCUT2D eigenvalue weighted by Crippen LogP contribution is -2.38. The summed E-state index contributed by atoms with van der Waals surface area (Å²) in [6.07, 6.45) is 1.89. The molecule has 1 aliphatic rings. The molecule has 0 saturated heterocycles. The number of carbonyl (C=O) groups is 2. The fourth-order valence-corrected chi connectivity index (χ4v) is 2.86. The van der Waals surface area contributed by atoms with E-state index in [1.807, 2.05) is 36.9 Å². The molecular weight excluding hydrogens is 306 g/mol. The Bertz CT molecular complexity index is 780. The Balaban J connectivity index is 1.85. The SMILES string of the molecule is Cc1cc(C(=O)Nc2ccc3c(c2)N(C(=O)C(C)C)CCC3)no1. The van der Waals surface area contributed by atoms with Crippen LogP contribution in [0.2, 0.25) is 0 Å². The molecule has 0 bridgehead atoms. The van der Waals surface area contributed by atoms with Gasteiger partial charge in [-0.15, -0.1) is 0 Å². The first-order valence-corrected chi connectivity index (χ1v) is 8.14. The van der Waals surface area contributed by atoms with Crippen LogP contribution < -0.4 is 10.2 Å². The minimum absolute atomic E-state index is 0.0627. The molecule has 1 aromatic heterocycles. The van der Waals surface area contributed by atoms with Crippen LogP contribution in [-0.4, -0.2) is 23.5 Å². The van der Waals surface area contributed by atoms with Gasteiger partial charge >= 0.3 is 0 Å². The fourth-order valence-electron chi connectivity index (χ4n) is 2.86. The molecule has 0 spiro atoms. The zero-order valence-corrected chi connectivity index (χ0v) is 14.1. The first-order chi connectivity index (χ1) is 11.5. The van der Waals surface area contributed by atoms with Crippen LogP contribution >= 0.6 is 0 Å². The summed E-state index contributed by atoms with van der Waals surface area (Å²) in [6, 6.07) is 7.27. The Hall–Kier alpha value is -2.63. The van der Waals surface area contributed by atoms with E-state index >= 15 is 0 Å². The van der Waals surface area contributed by atoms with Gasteiger partial charge in [0.2, 0.25) is 5.91 Å². The second-order valence-corrected chi connectivity index (χ2v) is 6.37. The van der Waals surface area contributed by atoms with Gasteiger partial charge < -0.3 is 14.7 Å². The summed E-state index contributed by atoms with van der Waals surface area (Å²) in [4.78, 5) is 26.5. The van der Waals surface area contributed by atoms with Gasteiger partial charge in [-0.2, -0.15) is 0 Å². The van der Waals surface area contributed by atoms with E-state index in [0.29, 0.717) is 18.0 Å². The summed E-state index contributed by atoms with van der Waals surface area (Å²) >= 11 is 0. The quantitative estimate of drug-likeness (QED) is 0.939. The number of nitrogens with one attached hydrogen (secondary N) is 1. The van der Waals surface area contributed by atoms with Gasteiger partial charge in [0.05, 0.1) is 0 Å². The molecular formula is C18H21N3O3. The van der Waals surface area contributed by atoms with E-state index in [1.165, 1.54) is 0 Å². The molecule has 2 heterocycles. The number of fused-ring (bicyclic) bond motifs is 1. The summed E-state index contributed by atoms with van der Waals surface area (Å²) < 4.78 is 4.93. The molecule has 1 N–H and O–H groups in total. The first kappa shape index (κ1) is 16.2. The number of aromatic nitrogens is 1. The monoisotopic (exact) mass is 327 g/mol. The van der Waals surface area contributed by atoms with Gasteiger partial charge in [0.1, 0.15) is 5.76 Å². The molecule has 0 saturated carbocycles. The number of carbonyl (C=O) groups excluding carboxylic acids is 2. The molecule has 2 amide bonds. The van der Waals surface area contributed by atoms with E-state index in [0.717, 1.165) is 24.1 Å². The highest BCUT2D eigenvalue weighted by molar-refractivity contribution is 6.03. The summed E-state index contributed by atoms with van der Waals surface area (Å²) in [5.41, 5.74) is 2.89. The maximum absolute atomic E-state index is 12.4. The summed E-state index contributed by atoms with van der Waals surface area (Å²) in [7, 11) is 0. The third-order valence-electron chi connectivity index (χ3n) is 4.08. The maximum Gasteiger partial charge on any atom is 0.277 e. The third-order valence-corrected chi connectivity index (χ3v) is 4.08. The van der Waals surface area contributed by atoms with Gasteiger partial charge in [-0.25, -0.2) is 0 Å². The van der Waals surface area contributed by atoms with Crippen molar-refractivity contribution in [3.05, 3.63) is 41.3 Å². The van der Waals surface area contributed by atoms with Gasteiger partial charge in [0.15, 0.2) is 5.69 Å². The Morgan fingerprint density at radius 2 is 2.08 bits per heavy atom. The molecule has 0 unspecified atom stereocenters. The van der Waals surface area contributed by atoms with Gasteiger partial charge in [-0.3, -0.25) is 9.59 Å². The minimum atomic E-state index is -0.329. The lowest BCUT2D eigenvalue weighted by molar-refractivity contribution is -0.121. The lowest BCUT2D eigenvalue weighted by atomic mass is 9.99. The van der Waals surface area contributed by atoms with Crippen LogP contribution in [0.15, 0.2) is 28.8 Å². The highest BCUT2D eigenvalue weighted by Gasteiger charge is 2.25. The Morgan fingerprint density at radius 3 is 2.75 bits per heavy atom. The average molecular weight is 327 g/mol. The van der Waals surface area contributed by atoms with E-state index < -0.39 is 0 Å². The molecule has 24 heavy (non-hydrogen) atoms. The van der Waals surface area contributed by atoms with Crippen molar-refractivity contribution in [1.82, 2.24) is 5.16 Å². The van der Waals surface area contributed by atoms with Crippen LogP contribution in [0.3, 0.4) is 0 Å². The number of hydrogen-bond acceptors (Lipinski definition) is 4. The molecule has 3 rings (SSSR count). The molecule has 6 nitrogen and oxygen atoms in total. The van der Waals surface area contributed by atoms with E-state index in [4.69, 9.17) is 4.52 Å². The number of amides is 2. The third kappa shape index (κ3) is 3.18. The number of benzene rings is 1. The van der Waals surface area contributed by atoms with Crippen LogP contribution in [0.4, 0.5) is 11.4 Å². The lowest BCUT2D eigenvalue weighted by Gasteiger charge is -2.31. The van der Waals surface area contributed by atoms with Gasteiger partial charge in [0.25, 0.3) is 5.91 Å². The van der Waals surface area contributed by atoms with Crippen molar-refractivity contribution >= 4 is 23.2 Å². The predicted molar refractivity (Wildman–Crippen MR) is 91.1 cm³/mol. The van der Waals surface area contributed by atoms with E-state index in [1.54, 1.807) is 13.0 Å². The molecule has 0 atom stereocenters. The number of nitrogens with zero attached hydrogens (tertiary/aromatic N) is 2. The smallest absolute Gasteiger partial charge is 0.277 e. The number of aryl methyl sites for hydroxylation is 2. The van der Waals surface area contributed by atoms with Crippen LogP contribution in [0.1, 0.15) is 42.1 Å². The highest BCUT2D eigenvalue weighted by atomic mass is 16.5. The van der Waals surface area contributed by atoms with Crippen molar-refractivity contribution in [2.75, 3.05) is 16.8 Å². The van der Waals surface area contributed by atoms with Gasteiger partial charge in [0, 0.05) is 29.9 Å². The van der Waals surface area contributed by atoms with Crippen LogP contribution in [0.5, 0.6) is 0 Å². The predicted octanol–water partition coefficient (Wildman–Crippen LogP) is 3.17. The van der Waals surface area contributed by atoms with Crippen LogP contribution in [0.25, 0.3) is 0 Å². The molecule has 0 fully saturated rings. The summed E-state index contributed by atoms with van der Waals surface area (Å²) in [5, 5.41) is 6.53. The number of anilines is 2. The maximum atomic E-state index is 12.4. The highest BCUT2D eigenvalue weighted by Crippen LogP contribution is 2.31. The van der Waals surface area contributed by atoms with Crippen molar-refractivity contribution in [3.8, 4) is 0 Å². The van der Waals surface area contributed by atoms with Gasteiger partial charge in [-0.05, 0) is 37.5 Å². The Morgan fingerprint density at radius 1 is 1.29 bits per heavy atom. The topological polar surface area (TPSA) is 75.4 Å². The summed E-state index contributed by atoms with van der Waals surface area (Å²) in [6.45, 7) is 6.24. The zero-order valence-electron chi connectivity index (χ0n) is 14.1. The molecule has 1 aromatic carbocycles. The van der Waals surface area contributed by atoms with E-state index in [-0.39, 0.29) is 23.4 Å². The largest absolute Gasteiger partial charge is 0.361 e. The van der Waals surface area contributed by atoms with Crippen molar-refractivity contribution in [2.24, 2.45) is 5.92 Å². The molecule has 0 radical (unpaired) electrons. The Kier molecular flexibility index (Phi) is 4.38. The van der Waals surface area contributed by atoms with Crippen LogP contribution in [0, 0.1) is 12.8 Å². The fraction of sp³-hybridized carbons (Fsp3) is 0.389. The molecule has 0 aliphatic carbocycles. The number of hydrogen-bond donors (Lipinski definition) is 1. The van der Waals surface area contributed by atoms with Crippen LogP contribution in [-0.2, 0) is 11.2 Å². The molecule has 1 aliphatic heterocycles. The van der Waals surface area contributed by atoms with Crippen molar-refractivity contribution in [3.63, 3.8) is 0 Å².